The summed E-state index contributed by atoms with van der Waals surface area (Å²) in [6.45, 7) is 4.96. The number of carbonyl (C=O) groups excluding carboxylic acids is 1. The zero-order valence-electron chi connectivity index (χ0n) is 12.3. The molecular weight excluding hydrogens is 272 g/mol. The summed E-state index contributed by atoms with van der Waals surface area (Å²) in [6.07, 6.45) is 2.97. The molecule has 3 nitrogen and oxygen atoms in total. The number of rotatable bonds is 4. The van der Waals surface area contributed by atoms with Crippen LogP contribution in [0.1, 0.15) is 50.2 Å². The molecular formula is C16H25ClN2O. The smallest absolute Gasteiger partial charge is 0.224 e. The van der Waals surface area contributed by atoms with Gasteiger partial charge in [-0.1, -0.05) is 44.5 Å². The summed E-state index contributed by atoms with van der Waals surface area (Å²) in [5, 5.41) is 3.00. The van der Waals surface area contributed by atoms with E-state index < -0.39 is 0 Å². The fourth-order valence-corrected chi connectivity index (χ4v) is 2.65. The first-order valence-corrected chi connectivity index (χ1v) is 7.20. The Balaban J connectivity index is 0.00000200. The summed E-state index contributed by atoms with van der Waals surface area (Å²) in [7, 11) is 0. The molecule has 3 N–H and O–H groups in total. The van der Waals surface area contributed by atoms with Crippen LogP contribution in [-0.4, -0.2) is 11.9 Å². The molecule has 1 saturated carbocycles. The number of halogens is 1. The maximum atomic E-state index is 12.0. The van der Waals surface area contributed by atoms with Crippen LogP contribution < -0.4 is 11.1 Å². The van der Waals surface area contributed by atoms with Crippen LogP contribution in [0.15, 0.2) is 24.3 Å². The van der Waals surface area contributed by atoms with Gasteiger partial charge in [0.2, 0.25) is 5.91 Å². The Morgan fingerprint density at radius 1 is 1.30 bits per heavy atom. The number of hydrogen-bond donors (Lipinski definition) is 2. The van der Waals surface area contributed by atoms with Gasteiger partial charge >= 0.3 is 0 Å². The van der Waals surface area contributed by atoms with Crippen molar-refractivity contribution in [1.29, 1.82) is 0 Å². The first-order chi connectivity index (χ1) is 9.08. The van der Waals surface area contributed by atoms with Crippen LogP contribution in [0.25, 0.3) is 0 Å². The lowest BCUT2D eigenvalue weighted by molar-refractivity contribution is -0.125. The predicted octanol–water partition coefficient (Wildman–Crippen LogP) is 2.98. The van der Waals surface area contributed by atoms with Crippen molar-refractivity contribution in [3.63, 3.8) is 0 Å². The van der Waals surface area contributed by atoms with Crippen LogP contribution in [0.5, 0.6) is 0 Å². The minimum atomic E-state index is 0. The van der Waals surface area contributed by atoms with Gasteiger partial charge in [0.25, 0.3) is 0 Å². The van der Waals surface area contributed by atoms with Gasteiger partial charge in [-0.3, -0.25) is 4.79 Å². The Morgan fingerprint density at radius 2 is 1.95 bits per heavy atom. The second kappa shape index (κ2) is 7.65. The summed E-state index contributed by atoms with van der Waals surface area (Å²) in [4.78, 5) is 12.0. The Hall–Kier alpha value is -1.06. The number of hydrogen-bond acceptors (Lipinski definition) is 2. The summed E-state index contributed by atoms with van der Waals surface area (Å²) in [5.74, 6) is 0.660. The van der Waals surface area contributed by atoms with Gasteiger partial charge < -0.3 is 11.1 Å². The summed E-state index contributed by atoms with van der Waals surface area (Å²) >= 11 is 0. The van der Waals surface area contributed by atoms with Gasteiger partial charge in [0.05, 0.1) is 5.92 Å². The standard InChI is InChI=1S/C16H24N2O.ClH/c1-11(2)13-8-6-12(7-9-13)10-18-16(19)14-4-3-5-15(14)17;/h6-9,11,14-15H,3-5,10,17H2,1-2H3,(H,18,19);1H. The molecule has 1 aromatic carbocycles. The normalized spacial score (nSPS) is 21.6. The van der Waals surface area contributed by atoms with Crippen LogP contribution in [0, 0.1) is 5.92 Å². The molecule has 112 valence electrons. The van der Waals surface area contributed by atoms with Gasteiger partial charge in [-0.15, -0.1) is 12.4 Å². The molecule has 0 saturated heterocycles. The number of benzene rings is 1. The van der Waals surface area contributed by atoms with E-state index in [0.717, 1.165) is 24.8 Å². The summed E-state index contributed by atoms with van der Waals surface area (Å²) < 4.78 is 0. The minimum Gasteiger partial charge on any atom is -0.352 e. The van der Waals surface area contributed by atoms with Crippen LogP contribution in [0.2, 0.25) is 0 Å². The quantitative estimate of drug-likeness (QED) is 0.897. The van der Waals surface area contributed by atoms with E-state index in [4.69, 9.17) is 5.73 Å². The maximum absolute atomic E-state index is 12.0. The highest BCUT2D eigenvalue weighted by Crippen LogP contribution is 2.24. The molecule has 4 heteroatoms. The number of carbonyl (C=O) groups is 1. The summed E-state index contributed by atoms with van der Waals surface area (Å²) in [5.41, 5.74) is 8.41. The molecule has 0 aromatic heterocycles. The third-order valence-electron chi connectivity index (χ3n) is 4.02. The van der Waals surface area contributed by atoms with Crippen molar-refractivity contribution in [3.05, 3.63) is 35.4 Å². The SMILES string of the molecule is CC(C)c1ccc(CNC(=O)C2CCCC2N)cc1.Cl. The maximum Gasteiger partial charge on any atom is 0.224 e. The fourth-order valence-electron chi connectivity index (χ4n) is 2.65. The second-order valence-electron chi connectivity index (χ2n) is 5.82. The average Bonchev–Trinajstić information content (AvgIpc) is 2.83. The minimum absolute atomic E-state index is 0. The first-order valence-electron chi connectivity index (χ1n) is 7.20. The van der Waals surface area contributed by atoms with Crippen molar-refractivity contribution in [2.24, 2.45) is 11.7 Å². The Labute approximate surface area is 127 Å². The van der Waals surface area contributed by atoms with Crippen molar-refractivity contribution in [2.75, 3.05) is 0 Å². The molecule has 1 aliphatic carbocycles. The topological polar surface area (TPSA) is 55.1 Å². The molecule has 0 aliphatic heterocycles. The third kappa shape index (κ3) is 4.22. The largest absolute Gasteiger partial charge is 0.352 e. The molecule has 1 aliphatic rings. The van der Waals surface area contributed by atoms with Gasteiger partial charge in [0.1, 0.15) is 0 Å². The van der Waals surface area contributed by atoms with Crippen molar-refractivity contribution in [2.45, 2.75) is 51.6 Å². The van der Waals surface area contributed by atoms with Crippen LogP contribution in [-0.2, 0) is 11.3 Å². The summed E-state index contributed by atoms with van der Waals surface area (Å²) in [6, 6.07) is 8.48. The Morgan fingerprint density at radius 3 is 2.45 bits per heavy atom. The molecule has 1 fully saturated rings. The Kier molecular flexibility index (Phi) is 6.50. The molecule has 0 radical (unpaired) electrons. The van der Waals surface area contributed by atoms with Crippen LogP contribution in [0.4, 0.5) is 0 Å². The number of nitrogens with two attached hydrogens (primary N) is 1. The molecule has 20 heavy (non-hydrogen) atoms. The van der Waals surface area contributed by atoms with E-state index in [2.05, 4.69) is 43.4 Å². The van der Waals surface area contributed by atoms with Gasteiger partial charge in [-0.2, -0.15) is 0 Å². The van der Waals surface area contributed by atoms with E-state index in [1.54, 1.807) is 0 Å². The van der Waals surface area contributed by atoms with E-state index in [9.17, 15) is 4.79 Å². The monoisotopic (exact) mass is 296 g/mol. The molecule has 2 rings (SSSR count). The fraction of sp³-hybridized carbons (Fsp3) is 0.562. The van der Waals surface area contributed by atoms with Gasteiger partial charge in [0, 0.05) is 12.6 Å². The highest BCUT2D eigenvalue weighted by atomic mass is 35.5. The number of amides is 1. The average molecular weight is 297 g/mol. The van der Waals surface area contributed by atoms with Crippen molar-refractivity contribution in [1.82, 2.24) is 5.32 Å². The van der Waals surface area contributed by atoms with Gasteiger partial charge in [-0.25, -0.2) is 0 Å². The lowest BCUT2D eigenvalue weighted by Gasteiger charge is -2.15. The lowest BCUT2D eigenvalue weighted by Crippen LogP contribution is -2.38. The lowest BCUT2D eigenvalue weighted by atomic mass is 10.0. The first kappa shape index (κ1) is 17.0. The molecule has 2 atom stereocenters. The van der Waals surface area contributed by atoms with Crippen molar-refractivity contribution in [3.8, 4) is 0 Å². The molecule has 0 spiro atoms. The molecule has 0 heterocycles. The molecule has 1 aromatic rings. The van der Waals surface area contributed by atoms with E-state index in [1.807, 2.05) is 0 Å². The zero-order chi connectivity index (χ0) is 13.8. The highest BCUT2D eigenvalue weighted by Gasteiger charge is 2.29. The Bertz CT molecular complexity index is 431. The van der Waals surface area contributed by atoms with Crippen molar-refractivity contribution >= 4 is 18.3 Å². The van der Waals surface area contributed by atoms with Gasteiger partial charge in [0.15, 0.2) is 0 Å². The zero-order valence-corrected chi connectivity index (χ0v) is 13.1. The molecule has 2 unspecified atom stereocenters. The van der Waals surface area contributed by atoms with Crippen LogP contribution >= 0.6 is 12.4 Å². The predicted molar refractivity (Wildman–Crippen MR) is 84.9 cm³/mol. The third-order valence-corrected chi connectivity index (χ3v) is 4.02. The van der Waals surface area contributed by atoms with Gasteiger partial charge in [-0.05, 0) is 29.9 Å². The van der Waals surface area contributed by atoms with E-state index in [-0.39, 0.29) is 30.3 Å². The second-order valence-corrected chi connectivity index (χ2v) is 5.82. The van der Waals surface area contributed by atoms with E-state index in [1.165, 1.54) is 5.56 Å². The molecule has 0 bridgehead atoms. The van der Waals surface area contributed by atoms with Crippen LogP contribution in [0.3, 0.4) is 0 Å². The van der Waals surface area contributed by atoms with E-state index in [0.29, 0.717) is 12.5 Å². The van der Waals surface area contributed by atoms with E-state index >= 15 is 0 Å². The van der Waals surface area contributed by atoms with Crippen molar-refractivity contribution < 1.29 is 4.79 Å². The highest BCUT2D eigenvalue weighted by molar-refractivity contribution is 5.85. The number of nitrogens with one attached hydrogen (secondary N) is 1. The molecule has 1 amide bonds.